The first-order chi connectivity index (χ1) is 8.70. The lowest BCUT2D eigenvalue weighted by Gasteiger charge is -2.28. The molecule has 1 N–H and O–H groups in total. The lowest BCUT2D eigenvalue weighted by Crippen LogP contribution is -2.31. The molecule has 1 atom stereocenters. The summed E-state index contributed by atoms with van der Waals surface area (Å²) < 4.78 is 5.36. The van der Waals surface area contributed by atoms with Crippen LogP contribution in [0.4, 0.5) is 5.82 Å². The zero-order valence-electron chi connectivity index (χ0n) is 10.8. The second kappa shape index (κ2) is 5.78. The summed E-state index contributed by atoms with van der Waals surface area (Å²) in [4.78, 5) is 8.34. The minimum atomic E-state index is 0.287. The van der Waals surface area contributed by atoms with E-state index in [-0.39, 0.29) is 6.04 Å². The number of rotatable bonds is 3. The van der Waals surface area contributed by atoms with Crippen molar-refractivity contribution in [2.24, 2.45) is 5.92 Å². The molecule has 2 rings (SSSR count). The van der Waals surface area contributed by atoms with Crippen molar-refractivity contribution in [2.45, 2.75) is 32.7 Å². The minimum absolute atomic E-state index is 0.287. The molecule has 0 bridgehead atoms. The van der Waals surface area contributed by atoms with E-state index in [2.05, 4.69) is 28.3 Å². The number of nitrogens with zero attached hydrogens (tertiary/aromatic N) is 3. The van der Waals surface area contributed by atoms with Crippen LogP contribution in [0.1, 0.15) is 31.2 Å². The van der Waals surface area contributed by atoms with Gasteiger partial charge in [0, 0.05) is 19.3 Å². The number of nitriles is 1. The number of hydrogen-bond acceptors (Lipinski definition) is 5. The van der Waals surface area contributed by atoms with Crippen LogP contribution in [0, 0.1) is 24.2 Å². The van der Waals surface area contributed by atoms with Crippen molar-refractivity contribution in [3.8, 4) is 6.07 Å². The molecule has 1 unspecified atom stereocenters. The predicted octanol–water partition coefficient (Wildman–Crippen LogP) is 1.88. The molecule has 5 heteroatoms. The summed E-state index contributed by atoms with van der Waals surface area (Å²) in [6.07, 6.45) is 3.68. The fourth-order valence-electron chi connectivity index (χ4n) is 2.21. The van der Waals surface area contributed by atoms with Gasteiger partial charge in [-0.15, -0.1) is 0 Å². The Bertz CT molecular complexity index is 449. The van der Waals surface area contributed by atoms with Crippen LogP contribution >= 0.6 is 0 Å². The Morgan fingerprint density at radius 1 is 1.50 bits per heavy atom. The number of anilines is 1. The Hall–Kier alpha value is -1.67. The third kappa shape index (κ3) is 2.96. The zero-order chi connectivity index (χ0) is 13.0. The lowest BCUT2D eigenvalue weighted by atomic mass is 9.93. The molecule has 18 heavy (non-hydrogen) atoms. The van der Waals surface area contributed by atoms with E-state index in [1.165, 1.54) is 0 Å². The maximum Gasteiger partial charge on any atom is 0.147 e. The SMILES string of the molecule is Cc1ncc(C#N)c(NC(C)C2CCOCC2)n1. The summed E-state index contributed by atoms with van der Waals surface area (Å²) in [7, 11) is 0. The van der Waals surface area contributed by atoms with Gasteiger partial charge in [0.15, 0.2) is 0 Å². The van der Waals surface area contributed by atoms with E-state index in [1.54, 1.807) is 6.20 Å². The van der Waals surface area contributed by atoms with Gasteiger partial charge in [-0.25, -0.2) is 9.97 Å². The van der Waals surface area contributed by atoms with Gasteiger partial charge in [0.2, 0.25) is 0 Å². The Morgan fingerprint density at radius 3 is 2.89 bits per heavy atom. The lowest BCUT2D eigenvalue weighted by molar-refractivity contribution is 0.0622. The van der Waals surface area contributed by atoms with Crippen molar-refractivity contribution in [1.82, 2.24) is 9.97 Å². The van der Waals surface area contributed by atoms with E-state index in [1.807, 2.05) is 6.92 Å². The van der Waals surface area contributed by atoms with E-state index in [0.717, 1.165) is 26.1 Å². The van der Waals surface area contributed by atoms with Crippen LogP contribution in [0.3, 0.4) is 0 Å². The average molecular weight is 246 g/mol. The smallest absolute Gasteiger partial charge is 0.147 e. The van der Waals surface area contributed by atoms with E-state index in [0.29, 0.717) is 23.1 Å². The summed E-state index contributed by atoms with van der Waals surface area (Å²) in [5.41, 5.74) is 0.500. The molecule has 5 nitrogen and oxygen atoms in total. The predicted molar refractivity (Wildman–Crippen MR) is 68.1 cm³/mol. The second-order valence-electron chi connectivity index (χ2n) is 4.67. The summed E-state index contributed by atoms with van der Waals surface area (Å²) in [6.45, 7) is 5.61. The minimum Gasteiger partial charge on any atom is -0.381 e. The third-order valence-electron chi connectivity index (χ3n) is 3.37. The largest absolute Gasteiger partial charge is 0.381 e. The fraction of sp³-hybridized carbons (Fsp3) is 0.615. The van der Waals surface area contributed by atoms with Gasteiger partial charge < -0.3 is 10.1 Å². The summed E-state index contributed by atoms with van der Waals surface area (Å²) in [5.74, 6) is 1.89. The highest BCUT2D eigenvalue weighted by atomic mass is 16.5. The van der Waals surface area contributed by atoms with Crippen LogP contribution in [0.2, 0.25) is 0 Å². The molecule has 0 spiro atoms. The molecule has 0 saturated carbocycles. The van der Waals surface area contributed by atoms with Gasteiger partial charge >= 0.3 is 0 Å². The van der Waals surface area contributed by atoms with Gasteiger partial charge in [0.25, 0.3) is 0 Å². The molecular formula is C13H18N4O. The third-order valence-corrected chi connectivity index (χ3v) is 3.37. The molecule has 1 saturated heterocycles. The fourth-order valence-corrected chi connectivity index (χ4v) is 2.21. The molecule has 1 fully saturated rings. The first kappa shape index (κ1) is 12.8. The van der Waals surface area contributed by atoms with Crippen molar-refractivity contribution in [3.05, 3.63) is 17.6 Å². The normalized spacial score (nSPS) is 18.1. The van der Waals surface area contributed by atoms with Gasteiger partial charge in [-0.2, -0.15) is 5.26 Å². The highest BCUT2D eigenvalue weighted by molar-refractivity contribution is 5.51. The van der Waals surface area contributed by atoms with Gasteiger partial charge in [0.05, 0.1) is 6.20 Å². The number of hydrogen-bond donors (Lipinski definition) is 1. The van der Waals surface area contributed by atoms with E-state index in [9.17, 15) is 0 Å². The van der Waals surface area contributed by atoms with Gasteiger partial charge in [0.1, 0.15) is 23.3 Å². The second-order valence-corrected chi connectivity index (χ2v) is 4.67. The quantitative estimate of drug-likeness (QED) is 0.881. The zero-order valence-corrected chi connectivity index (χ0v) is 10.8. The van der Waals surface area contributed by atoms with Crippen molar-refractivity contribution < 1.29 is 4.74 Å². The van der Waals surface area contributed by atoms with Crippen molar-refractivity contribution in [3.63, 3.8) is 0 Å². The Balaban J connectivity index is 2.08. The maximum atomic E-state index is 9.04. The molecule has 2 heterocycles. The molecule has 0 radical (unpaired) electrons. The number of ether oxygens (including phenoxy) is 1. The van der Waals surface area contributed by atoms with Gasteiger partial charge in [-0.05, 0) is 32.6 Å². The molecule has 0 aliphatic carbocycles. The van der Waals surface area contributed by atoms with Crippen molar-refractivity contribution >= 4 is 5.82 Å². The first-order valence-corrected chi connectivity index (χ1v) is 6.28. The van der Waals surface area contributed by atoms with E-state index < -0.39 is 0 Å². The van der Waals surface area contributed by atoms with Crippen LogP contribution in [0.15, 0.2) is 6.20 Å². The number of aromatic nitrogens is 2. The monoisotopic (exact) mass is 246 g/mol. The first-order valence-electron chi connectivity index (χ1n) is 6.28. The summed E-state index contributed by atoms with van der Waals surface area (Å²) in [6, 6.07) is 2.41. The number of aryl methyl sites for hydroxylation is 1. The van der Waals surface area contributed by atoms with Crippen LogP contribution < -0.4 is 5.32 Å². The molecule has 1 aliphatic heterocycles. The van der Waals surface area contributed by atoms with Crippen LogP contribution in [0.25, 0.3) is 0 Å². The van der Waals surface area contributed by atoms with Crippen LogP contribution in [0.5, 0.6) is 0 Å². The maximum absolute atomic E-state index is 9.04. The average Bonchev–Trinajstić information content (AvgIpc) is 2.40. The number of nitrogens with one attached hydrogen (secondary N) is 1. The van der Waals surface area contributed by atoms with Crippen molar-refractivity contribution in [2.75, 3.05) is 18.5 Å². The molecule has 0 aromatic carbocycles. The Morgan fingerprint density at radius 2 is 2.22 bits per heavy atom. The molecular weight excluding hydrogens is 228 g/mol. The van der Waals surface area contributed by atoms with Crippen LogP contribution in [-0.4, -0.2) is 29.2 Å². The van der Waals surface area contributed by atoms with Gasteiger partial charge in [-0.1, -0.05) is 0 Å². The van der Waals surface area contributed by atoms with E-state index >= 15 is 0 Å². The highest BCUT2D eigenvalue weighted by Gasteiger charge is 2.21. The molecule has 1 aromatic heterocycles. The summed E-state index contributed by atoms with van der Waals surface area (Å²) in [5, 5.41) is 12.4. The molecule has 1 aliphatic rings. The summed E-state index contributed by atoms with van der Waals surface area (Å²) >= 11 is 0. The standard InChI is InChI=1S/C13H18N4O/c1-9(11-3-5-18-6-4-11)16-13-12(7-14)8-15-10(2)17-13/h8-9,11H,3-6H2,1-2H3,(H,15,16,17). The van der Waals surface area contributed by atoms with Crippen molar-refractivity contribution in [1.29, 1.82) is 5.26 Å². The molecule has 0 amide bonds. The molecule has 1 aromatic rings. The van der Waals surface area contributed by atoms with E-state index in [4.69, 9.17) is 10.00 Å². The Labute approximate surface area is 107 Å². The molecule has 96 valence electrons. The highest BCUT2D eigenvalue weighted by Crippen LogP contribution is 2.22. The van der Waals surface area contributed by atoms with Gasteiger partial charge in [-0.3, -0.25) is 0 Å². The van der Waals surface area contributed by atoms with Crippen LogP contribution in [-0.2, 0) is 4.74 Å². The Kier molecular flexibility index (Phi) is 4.11. The topological polar surface area (TPSA) is 70.8 Å².